The molecule has 27 heavy (non-hydrogen) atoms. The lowest BCUT2D eigenvalue weighted by Gasteiger charge is -2.10. The molecule has 0 fully saturated rings. The van der Waals surface area contributed by atoms with Crippen LogP contribution in [0.1, 0.15) is 11.4 Å². The highest BCUT2D eigenvalue weighted by molar-refractivity contribution is 5.89. The molecule has 4 aromatic rings. The summed E-state index contributed by atoms with van der Waals surface area (Å²) in [5, 5.41) is 7.89. The molecule has 0 aliphatic carbocycles. The number of hydrogen-bond donors (Lipinski definition) is 2. The second-order valence-electron chi connectivity index (χ2n) is 6.05. The van der Waals surface area contributed by atoms with E-state index in [0.29, 0.717) is 18.2 Å². The summed E-state index contributed by atoms with van der Waals surface area (Å²) in [6, 6.07) is 15.5. The Hall–Kier alpha value is -3.74. The van der Waals surface area contributed by atoms with E-state index in [1.807, 2.05) is 42.0 Å². The van der Waals surface area contributed by atoms with Crippen molar-refractivity contribution in [3.8, 4) is 5.82 Å². The highest BCUT2D eigenvalue weighted by Crippen LogP contribution is 2.18. The molecule has 0 saturated carbocycles. The maximum Gasteiger partial charge on any atom is 0.320 e. The summed E-state index contributed by atoms with van der Waals surface area (Å²) < 4.78 is 1.82. The van der Waals surface area contributed by atoms with Gasteiger partial charge in [0.1, 0.15) is 23.8 Å². The van der Waals surface area contributed by atoms with Crippen molar-refractivity contribution in [2.75, 3.05) is 5.32 Å². The standard InChI is InChI=1S/C20H18N6O/c1-14-21-9-10-26(14)19-11-18(23-13-24-19)25-20(27)22-12-16-7-4-6-15-5-2-3-8-17(15)16/h2-11,13H,12H2,1H3,(H2,22,23,24,25,27). The van der Waals surface area contributed by atoms with Gasteiger partial charge in [-0.3, -0.25) is 9.88 Å². The Morgan fingerprint density at radius 1 is 1.07 bits per heavy atom. The first-order valence-corrected chi connectivity index (χ1v) is 8.54. The van der Waals surface area contributed by atoms with Crippen LogP contribution >= 0.6 is 0 Å². The van der Waals surface area contributed by atoms with Crippen LogP contribution in [0.4, 0.5) is 10.6 Å². The number of carbonyl (C=O) groups excluding carboxylic acids is 1. The summed E-state index contributed by atoms with van der Waals surface area (Å²) in [7, 11) is 0. The van der Waals surface area contributed by atoms with Crippen molar-refractivity contribution in [1.29, 1.82) is 0 Å². The molecule has 2 aromatic carbocycles. The largest absolute Gasteiger partial charge is 0.334 e. The molecule has 0 radical (unpaired) electrons. The van der Waals surface area contributed by atoms with Crippen LogP contribution in [0, 0.1) is 6.92 Å². The molecule has 7 nitrogen and oxygen atoms in total. The van der Waals surface area contributed by atoms with Gasteiger partial charge in [-0.05, 0) is 23.3 Å². The molecule has 0 unspecified atom stereocenters. The Labute approximate surface area is 156 Å². The first-order chi connectivity index (χ1) is 13.2. The Balaban J connectivity index is 1.45. The number of anilines is 1. The van der Waals surface area contributed by atoms with Crippen LogP contribution in [-0.4, -0.2) is 25.6 Å². The van der Waals surface area contributed by atoms with Crippen molar-refractivity contribution in [2.24, 2.45) is 0 Å². The van der Waals surface area contributed by atoms with Gasteiger partial charge in [0.25, 0.3) is 0 Å². The zero-order chi connectivity index (χ0) is 18.6. The van der Waals surface area contributed by atoms with Gasteiger partial charge < -0.3 is 5.32 Å². The second-order valence-corrected chi connectivity index (χ2v) is 6.05. The number of carbonyl (C=O) groups is 1. The van der Waals surface area contributed by atoms with Gasteiger partial charge in [-0.25, -0.2) is 19.7 Å². The van der Waals surface area contributed by atoms with Gasteiger partial charge in [0.15, 0.2) is 0 Å². The lowest BCUT2D eigenvalue weighted by atomic mass is 10.0. The number of aryl methyl sites for hydroxylation is 1. The number of nitrogens with zero attached hydrogens (tertiary/aromatic N) is 4. The molecule has 2 aromatic heterocycles. The molecule has 7 heteroatoms. The summed E-state index contributed by atoms with van der Waals surface area (Å²) >= 11 is 0. The number of aromatic nitrogens is 4. The van der Waals surface area contributed by atoms with Crippen LogP contribution in [0.25, 0.3) is 16.6 Å². The second kappa shape index (κ2) is 7.25. The number of urea groups is 1. The molecule has 0 bridgehead atoms. The van der Waals surface area contributed by atoms with Gasteiger partial charge in [0.05, 0.1) is 0 Å². The number of hydrogen-bond acceptors (Lipinski definition) is 4. The van der Waals surface area contributed by atoms with E-state index in [2.05, 4.69) is 43.8 Å². The maximum absolute atomic E-state index is 12.3. The van der Waals surface area contributed by atoms with Gasteiger partial charge in [-0.2, -0.15) is 0 Å². The topological polar surface area (TPSA) is 84.7 Å². The van der Waals surface area contributed by atoms with Crippen molar-refractivity contribution in [3.05, 3.63) is 78.6 Å². The Bertz CT molecular complexity index is 1100. The minimum atomic E-state index is -0.324. The molecule has 2 heterocycles. The normalized spacial score (nSPS) is 10.7. The third-order valence-corrected chi connectivity index (χ3v) is 4.29. The van der Waals surface area contributed by atoms with Crippen LogP contribution in [0.15, 0.2) is 67.3 Å². The predicted octanol–water partition coefficient (Wildman–Crippen LogP) is 3.45. The van der Waals surface area contributed by atoms with Gasteiger partial charge in [0, 0.05) is 25.0 Å². The number of amides is 2. The number of imidazole rings is 1. The van der Waals surface area contributed by atoms with Crippen LogP contribution in [0.2, 0.25) is 0 Å². The molecule has 4 rings (SSSR count). The van der Waals surface area contributed by atoms with E-state index < -0.39 is 0 Å². The highest BCUT2D eigenvalue weighted by Gasteiger charge is 2.08. The third kappa shape index (κ3) is 3.62. The molecule has 2 amide bonds. The number of benzene rings is 2. The molecule has 2 N–H and O–H groups in total. The van der Waals surface area contributed by atoms with E-state index in [1.165, 1.54) is 6.33 Å². The zero-order valence-electron chi connectivity index (χ0n) is 14.8. The average Bonchev–Trinajstić information content (AvgIpc) is 3.12. The van der Waals surface area contributed by atoms with E-state index in [1.54, 1.807) is 12.3 Å². The van der Waals surface area contributed by atoms with Gasteiger partial charge >= 0.3 is 6.03 Å². The van der Waals surface area contributed by atoms with Crippen LogP contribution < -0.4 is 10.6 Å². The quantitative estimate of drug-likeness (QED) is 0.585. The molecular formula is C20H18N6O. The van der Waals surface area contributed by atoms with E-state index in [9.17, 15) is 4.79 Å². The molecule has 0 aliphatic rings. The van der Waals surface area contributed by atoms with E-state index in [0.717, 1.165) is 22.2 Å². The van der Waals surface area contributed by atoms with Crippen LogP contribution in [0.5, 0.6) is 0 Å². The summed E-state index contributed by atoms with van der Waals surface area (Å²) in [4.78, 5) is 24.8. The Kier molecular flexibility index (Phi) is 4.49. The minimum Gasteiger partial charge on any atom is -0.334 e. The van der Waals surface area contributed by atoms with Crippen LogP contribution in [0.3, 0.4) is 0 Å². The molecule has 0 atom stereocenters. The molecule has 0 spiro atoms. The van der Waals surface area contributed by atoms with Crippen molar-refractivity contribution < 1.29 is 4.79 Å². The fourth-order valence-electron chi connectivity index (χ4n) is 2.95. The summed E-state index contributed by atoms with van der Waals surface area (Å²) in [6.07, 6.45) is 4.92. The number of fused-ring (bicyclic) bond motifs is 1. The van der Waals surface area contributed by atoms with Crippen molar-refractivity contribution in [2.45, 2.75) is 13.5 Å². The predicted molar refractivity (Wildman–Crippen MR) is 104 cm³/mol. The fraction of sp³-hybridized carbons (Fsp3) is 0.100. The average molecular weight is 358 g/mol. The Morgan fingerprint density at radius 2 is 1.93 bits per heavy atom. The summed E-state index contributed by atoms with van der Waals surface area (Å²) in [5.74, 6) is 1.87. The first kappa shape index (κ1) is 16.7. The lowest BCUT2D eigenvalue weighted by molar-refractivity contribution is 0.251. The monoisotopic (exact) mass is 358 g/mol. The van der Waals surface area contributed by atoms with Crippen LogP contribution in [-0.2, 0) is 6.54 Å². The van der Waals surface area contributed by atoms with Crippen molar-refractivity contribution >= 4 is 22.6 Å². The summed E-state index contributed by atoms with van der Waals surface area (Å²) in [5.41, 5.74) is 1.06. The van der Waals surface area contributed by atoms with Crippen molar-refractivity contribution in [3.63, 3.8) is 0 Å². The smallest absolute Gasteiger partial charge is 0.320 e. The zero-order valence-corrected chi connectivity index (χ0v) is 14.8. The molecular weight excluding hydrogens is 340 g/mol. The number of nitrogens with one attached hydrogen (secondary N) is 2. The fourth-order valence-corrected chi connectivity index (χ4v) is 2.95. The van der Waals surface area contributed by atoms with Gasteiger partial charge in [-0.15, -0.1) is 0 Å². The van der Waals surface area contributed by atoms with E-state index in [-0.39, 0.29) is 6.03 Å². The van der Waals surface area contributed by atoms with E-state index >= 15 is 0 Å². The molecule has 0 saturated heterocycles. The Morgan fingerprint density at radius 3 is 2.78 bits per heavy atom. The van der Waals surface area contributed by atoms with Gasteiger partial charge in [-0.1, -0.05) is 42.5 Å². The van der Waals surface area contributed by atoms with E-state index in [4.69, 9.17) is 0 Å². The van der Waals surface area contributed by atoms with Gasteiger partial charge in [0.2, 0.25) is 0 Å². The SMILES string of the molecule is Cc1nccn1-c1cc(NC(=O)NCc2cccc3ccccc23)ncn1. The minimum absolute atomic E-state index is 0.324. The first-order valence-electron chi connectivity index (χ1n) is 8.54. The highest BCUT2D eigenvalue weighted by atomic mass is 16.2. The van der Waals surface area contributed by atoms with Crippen molar-refractivity contribution in [1.82, 2.24) is 24.8 Å². The maximum atomic E-state index is 12.3. The molecule has 134 valence electrons. The molecule has 0 aliphatic heterocycles. The lowest BCUT2D eigenvalue weighted by Crippen LogP contribution is -2.28. The third-order valence-electron chi connectivity index (χ3n) is 4.29. The number of rotatable bonds is 4. The summed E-state index contributed by atoms with van der Waals surface area (Å²) in [6.45, 7) is 2.30.